The molecule has 0 radical (unpaired) electrons. The number of aryl methyl sites for hydroxylation is 1. The number of ketones is 1. The fourth-order valence-electron chi connectivity index (χ4n) is 2.32. The molecule has 2 nitrogen and oxygen atoms in total. The third-order valence-corrected chi connectivity index (χ3v) is 4.50. The van der Waals surface area contributed by atoms with E-state index in [1.54, 1.807) is 18.3 Å². The van der Waals surface area contributed by atoms with Crippen molar-refractivity contribution in [2.24, 2.45) is 0 Å². The normalized spacial score (nSPS) is 11.1. The van der Waals surface area contributed by atoms with Gasteiger partial charge in [0.25, 0.3) is 0 Å². The van der Waals surface area contributed by atoms with Gasteiger partial charge < -0.3 is 4.57 Å². The van der Waals surface area contributed by atoms with E-state index >= 15 is 0 Å². The van der Waals surface area contributed by atoms with Gasteiger partial charge in [0, 0.05) is 12.2 Å². The zero-order chi connectivity index (χ0) is 13.4. The van der Waals surface area contributed by atoms with Crippen LogP contribution in [0, 0.1) is 6.92 Å². The Labute approximate surface area is 116 Å². The number of benzene rings is 1. The molecule has 0 atom stereocenters. The molecule has 96 valence electrons. The van der Waals surface area contributed by atoms with Crippen molar-refractivity contribution < 1.29 is 4.79 Å². The SMILES string of the molecule is CC(=O)c1cc2c(cc(C)n2Cc2ccccc2)s1. The smallest absolute Gasteiger partial charge is 0.169 e. The monoisotopic (exact) mass is 269 g/mol. The molecule has 3 rings (SSSR count). The lowest BCUT2D eigenvalue weighted by Gasteiger charge is -2.07. The van der Waals surface area contributed by atoms with Gasteiger partial charge in [-0.3, -0.25) is 4.79 Å². The summed E-state index contributed by atoms with van der Waals surface area (Å²) in [6.07, 6.45) is 0. The topological polar surface area (TPSA) is 22.0 Å². The van der Waals surface area contributed by atoms with Crippen LogP contribution in [0.2, 0.25) is 0 Å². The summed E-state index contributed by atoms with van der Waals surface area (Å²) in [5.41, 5.74) is 3.68. The fourth-order valence-corrected chi connectivity index (χ4v) is 3.37. The first kappa shape index (κ1) is 12.2. The van der Waals surface area contributed by atoms with Gasteiger partial charge in [0.15, 0.2) is 5.78 Å². The van der Waals surface area contributed by atoms with E-state index in [0.29, 0.717) is 0 Å². The molecule has 0 aliphatic carbocycles. The molecule has 0 saturated carbocycles. The highest BCUT2D eigenvalue weighted by atomic mass is 32.1. The summed E-state index contributed by atoms with van der Waals surface area (Å²) in [5.74, 6) is 0.144. The average Bonchev–Trinajstić information content (AvgIpc) is 2.91. The van der Waals surface area contributed by atoms with E-state index in [1.165, 1.54) is 16.0 Å². The Kier molecular flexibility index (Phi) is 2.99. The minimum atomic E-state index is 0.144. The number of Topliss-reactive ketones (excluding diaryl/α,β-unsaturated/α-hetero) is 1. The minimum Gasteiger partial charge on any atom is -0.340 e. The van der Waals surface area contributed by atoms with Crippen molar-refractivity contribution in [3.63, 3.8) is 0 Å². The highest BCUT2D eigenvalue weighted by Gasteiger charge is 2.12. The number of aromatic nitrogens is 1. The zero-order valence-electron chi connectivity index (χ0n) is 11.0. The molecule has 0 spiro atoms. The van der Waals surface area contributed by atoms with Crippen LogP contribution in [0.25, 0.3) is 10.2 Å². The predicted molar refractivity (Wildman–Crippen MR) is 80.1 cm³/mol. The van der Waals surface area contributed by atoms with Gasteiger partial charge in [0.2, 0.25) is 0 Å². The third-order valence-electron chi connectivity index (χ3n) is 3.33. The Bertz CT molecular complexity index is 737. The summed E-state index contributed by atoms with van der Waals surface area (Å²) < 4.78 is 3.46. The highest BCUT2D eigenvalue weighted by molar-refractivity contribution is 7.20. The van der Waals surface area contributed by atoms with Gasteiger partial charge in [-0.15, -0.1) is 11.3 Å². The van der Waals surface area contributed by atoms with Gasteiger partial charge in [-0.05, 0) is 31.5 Å². The number of nitrogens with zero attached hydrogens (tertiary/aromatic N) is 1. The Morgan fingerprint density at radius 2 is 1.95 bits per heavy atom. The predicted octanol–water partition coefficient (Wildman–Crippen LogP) is 4.26. The largest absolute Gasteiger partial charge is 0.340 e. The number of carbonyl (C=O) groups is 1. The van der Waals surface area contributed by atoms with Crippen LogP contribution in [0.15, 0.2) is 42.5 Å². The molecule has 19 heavy (non-hydrogen) atoms. The van der Waals surface area contributed by atoms with Crippen molar-refractivity contribution >= 4 is 27.3 Å². The summed E-state index contributed by atoms with van der Waals surface area (Å²) in [5, 5.41) is 0. The zero-order valence-corrected chi connectivity index (χ0v) is 11.8. The molecule has 0 aliphatic heterocycles. The average molecular weight is 269 g/mol. The van der Waals surface area contributed by atoms with Crippen molar-refractivity contribution in [1.82, 2.24) is 4.57 Å². The molecule has 3 aromatic rings. The molecule has 0 fully saturated rings. The molecular weight excluding hydrogens is 254 g/mol. The maximum absolute atomic E-state index is 11.5. The number of carbonyl (C=O) groups excluding carboxylic acids is 1. The van der Waals surface area contributed by atoms with Gasteiger partial charge in [-0.2, -0.15) is 0 Å². The molecule has 0 unspecified atom stereocenters. The Balaban J connectivity index is 2.07. The number of hydrogen-bond acceptors (Lipinski definition) is 2. The van der Waals surface area contributed by atoms with Crippen LogP contribution in [0.3, 0.4) is 0 Å². The van der Waals surface area contributed by atoms with Crippen molar-refractivity contribution in [2.45, 2.75) is 20.4 Å². The van der Waals surface area contributed by atoms with Gasteiger partial charge in [0.05, 0.1) is 15.1 Å². The highest BCUT2D eigenvalue weighted by Crippen LogP contribution is 2.29. The second-order valence-electron chi connectivity index (χ2n) is 4.77. The van der Waals surface area contributed by atoms with Gasteiger partial charge in [0.1, 0.15) is 0 Å². The Morgan fingerprint density at radius 1 is 1.21 bits per heavy atom. The first-order chi connectivity index (χ1) is 9.15. The van der Waals surface area contributed by atoms with Crippen molar-refractivity contribution in [3.8, 4) is 0 Å². The van der Waals surface area contributed by atoms with Gasteiger partial charge >= 0.3 is 0 Å². The second kappa shape index (κ2) is 4.67. The lowest BCUT2D eigenvalue weighted by Crippen LogP contribution is -2.00. The van der Waals surface area contributed by atoms with Gasteiger partial charge in [-0.1, -0.05) is 30.3 Å². The van der Waals surface area contributed by atoms with Gasteiger partial charge in [-0.25, -0.2) is 0 Å². The molecule has 0 saturated heterocycles. The number of fused-ring (bicyclic) bond motifs is 1. The lowest BCUT2D eigenvalue weighted by atomic mass is 10.2. The van der Waals surface area contributed by atoms with Crippen LogP contribution in [-0.2, 0) is 6.54 Å². The Morgan fingerprint density at radius 3 is 2.63 bits per heavy atom. The lowest BCUT2D eigenvalue weighted by molar-refractivity contribution is 0.102. The summed E-state index contributed by atoms with van der Waals surface area (Å²) in [4.78, 5) is 12.3. The molecule has 2 heterocycles. The van der Waals surface area contributed by atoms with Crippen LogP contribution in [0.4, 0.5) is 0 Å². The van der Waals surface area contributed by atoms with E-state index in [9.17, 15) is 4.79 Å². The van der Waals surface area contributed by atoms with Crippen LogP contribution in [0.1, 0.15) is 27.9 Å². The van der Waals surface area contributed by atoms with E-state index in [0.717, 1.165) is 16.9 Å². The molecule has 2 aromatic heterocycles. The first-order valence-electron chi connectivity index (χ1n) is 6.29. The number of hydrogen-bond donors (Lipinski definition) is 0. The minimum absolute atomic E-state index is 0.144. The van der Waals surface area contributed by atoms with Crippen molar-refractivity contribution in [2.75, 3.05) is 0 Å². The molecule has 0 amide bonds. The van der Waals surface area contributed by atoms with E-state index in [4.69, 9.17) is 0 Å². The standard InChI is InChI=1S/C16H15NOS/c1-11-8-16-14(9-15(19-16)12(2)18)17(11)10-13-6-4-3-5-7-13/h3-9H,10H2,1-2H3. The van der Waals surface area contributed by atoms with E-state index in [-0.39, 0.29) is 5.78 Å². The second-order valence-corrected chi connectivity index (χ2v) is 5.86. The molecule has 0 bridgehead atoms. The summed E-state index contributed by atoms with van der Waals surface area (Å²) in [6, 6.07) is 14.6. The van der Waals surface area contributed by atoms with E-state index < -0.39 is 0 Å². The maximum atomic E-state index is 11.5. The van der Waals surface area contributed by atoms with E-state index in [1.807, 2.05) is 12.1 Å². The van der Waals surface area contributed by atoms with Crippen molar-refractivity contribution in [3.05, 3.63) is 58.6 Å². The molecular formula is C16H15NOS. The maximum Gasteiger partial charge on any atom is 0.169 e. The van der Waals surface area contributed by atoms with Crippen LogP contribution >= 0.6 is 11.3 Å². The van der Waals surface area contributed by atoms with Crippen LogP contribution < -0.4 is 0 Å². The number of rotatable bonds is 3. The number of thiophene rings is 1. The third kappa shape index (κ3) is 2.22. The Hall–Kier alpha value is -1.87. The summed E-state index contributed by atoms with van der Waals surface area (Å²) >= 11 is 1.58. The summed E-state index contributed by atoms with van der Waals surface area (Å²) in [6.45, 7) is 4.59. The van der Waals surface area contributed by atoms with Crippen LogP contribution in [0.5, 0.6) is 0 Å². The first-order valence-corrected chi connectivity index (χ1v) is 7.11. The molecule has 1 aromatic carbocycles. The fraction of sp³-hybridized carbons (Fsp3) is 0.188. The molecule has 3 heteroatoms. The van der Waals surface area contributed by atoms with Crippen LogP contribution in [-0.4, -0.2) is 10.4 Å². The van der Waals surface area contributed by atoms with Crippen molar-refractivity contribution in [1.29, 1.82) is 0 Å². The molecule has 0 N–H and O–H groups in total. The quantitative estimate of drug-likeness (QED) is 0.651. The summed E-state index contributed by atoms with van der Waals surface area (Å²) in [7, 11) is 0. The molecule has 0 aliphatic rings. The van der Waals surface area contributed by atoms with E-state index in [2.05, 4.69) is 41.8 Å².